The van der Waals surface area contributed by atoms with Gasteiger partial charge in [-0.3, -0.25) is 0 Å². The summed E-state index contributed by atoms with van der Waals surface area (Å²) in [5.41, 5.74) is 6.62. The van der Waals surface area contributed by atoms with E-state index in [1.165, 1.54) is 6.33 Å². The number of hydrogen-bond donors (Lipinski definition) is 1. The quantitative estimate of drug-likeness (QED) is 0.847. The molecule has 0 saturated carbocycles. The summed E-state index contributed by atoms with van der Waals surface area (Å²) >= 11 is 0. The molecule has 2 N–H and O–H groups in total. The highest BCUT2D eigenvalue weighted by Crippen LogP contribution is 2.37. The molecule has 2 aromatic rings. The molecule has 7 heteroatoms. The molecule has 1 saturated heterocycles. The van der Waals surface area contributed by atoms with Gasteiger partial charge in [0.05, 0.1) is 23.8 Å². The SMILES string of the molecule is COc1cc2ncnc(N)c2cc1B1OC(C)(C)C(C)(C)O1. The third-order valence-electron chi connectivity index (χ3n) is 4.52. The zero-order chi connectivity index (χ0) is 16.1. The number of aromatic nitrogens is 2. The first-order valence-corrected chi connectivity index (χ1v) is 7.19. The molecule has 1 aliphatic rings. The summed E-state index contributed by atoms with van der Waals surface area (Å²) in [6.45, 7) is 8.05. The number of nitrogen functional groups attached to an aromatic ring is 1. The summed E-state index contributed by atoms with van der Waals surface area (Å²) in [7, 11) is 1.09. The van der Waals surface area contributed by atoms with Crippen molar-refractivity contribution in [3.8, 4) is 5.75 Å². The number of fused-ring (bicyclic) bond motifs is 1. The van der Waals surface area contributed by atoms with E-state index < -0.39 is 18.3 Å². The van der Waals surface area contributed by atoms with Gasteiger partial charge in [0.25, 0.3) is 0 Å². The van der Waals surface area contributed by atoms with Crippen molar-refractivity contribution in [2.45, 2.75) is 38.9 Å². The smallest absolute Gasteiger partial charge is 0.497 e. The minimum atomic E-state index is -0.524. The summed E-state index contributed by atoms with van der Waals surface area (Å²) in [4.78, 5) is 8.25. The Hall–Kier alpha value is -1.86. The second-order valence-corrected chi connectivity index (χ2v) is 6.46. The Morgan fingerprint density at radius 2 is 1.73 bits per heavy atom. The first-order chi connectivity index (χ1) is 10.2. The first kappa shape index (κ1) is 15.1. The largest absolute Gasteiger partial charge is 0.498 e. The van der Waals surface area contributed by atoms with Crippen LogP contribution in [0.3, 0.4) is 0 Å². The van der Waals surface area contributed by atoms with Crippen molar-refractivity contribution < 1.29 is 14.0 Å². The molecule has 1 aromatic heterocycles. The molecule has 116 valence electrons. The number of anilines is 1. The maximum Gasteiger partial charge on any atom is 0.498 e. The highest BCUT2D eigenvalue weighted by Gasteiger charge is 2.52. The molecule has 0 atom stereocenters. The average Bonchev–Trinajstić information content (AvgIpc) is 2.66. The van der Waals surface area contributed by atoms with Crippen molar-refractivity contribution in [2.24, 2.45) is 0 Å². The molecule has 0 bridgehead atoms. The second-order valence-electron chi connectivity index (χ2n) is 6.46. The maximum absolute atomic E-state index is 6.10. The number of benzene rings is 1. The van der Waals surface area contributed by atoms with Crippen molar-refractivity contribution in [1.82, 2.24) is 9.97 Å². The van der Waals surface area contributed by atoms with Gasteiger partial charge in [0.15, 0.2) is 0 Å². The van der Waals surface area contributed by atoms with Crippen LogP contribution < -0.4 is 15.9 Å². The van der Waals surface area contributed by atoms with Crippen LogP contribution in [-0.2, 0) is 9.31 Å². The van der Waals surface area contributed by atoms with Gasteiger partial charge < -0.3 is 19.8 Å². The van der Waals surface area contributed by atoms with Crippen molar-refractivity contribution in [3.63, 3.8) is 0 Å². The van der Waals surface area contributed by atoms with Gasteiger partial charge in [-0.1, -0.05) is 0 Å². The van der Waals surface area contributed by atoms with Gasteiger partial charge in [-0.05, 0) is 33.8 Å². The zero-order valence-electron chi connectivity index (χ0n) is 13.5. The zero-order valence-corrected chi connectivity index (χ0v) is 13.5. The van der Waals surface area contributed by atoms with Crippen molar-refractivity contribution >= 4 is 29.3 Å². The van der Waals surface area contributed by atoms with Crippen LogP contribution >= 0.6 is 0 Å². The number of ether oxygens (including phenoxy) is 1. The van der Waals surface area contributed by atoms with E-state index in [2.05, 4.69) is 9.97 Å². The molecule has 0 unspecified atom stereocenters. The molecular formula is C15H20BN3O3. The Morgan fingerprint density at radius 3 is 2.32 bits per heavy atom. The second kappa shape index (κ2) is 4.82. The molecule has 0 spiro atoms. The predicted octanol–water partition coefficient (Wildman–Crippen LogP) is 1.52. The Balaban J connectivity index is 2.13. The Labute approximate surface area is 130 Å². The lowest BCUT2D eigenvalue weighted by atomic mass is 9.77. The van der Waals surface area contributed by atoms with Crippen LogP contribution in [0.5, 0.6) is 5.75 Å². The van der Waals surface area contributed by atoms with Crippen molar-refractivity contribution in [3.05, 3.63) is 18.5 Å². The molecule has 22 heavy (non-hydrogen) atoms. The van der Waals surface area contributed by atoms with Crippen molar-refractivity contribution in [1.29, 1.82) is 0 Å². The van der Waals surface area contributed by atoms with Crippen LogP contribution in [0.25, 0.3) is 10.9 Å². The third kappa shape index (κ3) is 2.21. The fraction of sp³-hybridized carbons (Fsp3) is 0.467. The molecule has 0 radical (unpaired) electrons. The summed E-state index contributed by atoms with van der Waals surface area (Å²) in [5, 5.41) is 0.757. The lowest BCUT2D eigenvalue weighted by Crippen LogP contribution is -2.41. The average molecular weight is 301 g/mol. The molecular weight excluding hydrogens is 281 g/mol. The number of nitrogens with two attached hydrogens (primary N) is 1. The Morgan fingerprint density at radius 1 is 1.09 bits per heavy atom. The van der Waals surface area contributed by atoms with Gasteiger partial charge in [-0.2, -0.15) is 0 Å². The van der Waals surface area contributed by atoms with Gasteiger partial charge in [0.2, 0.25) is 0 Å². The lowest BCUT2D eigenvalue weighted by molar-refractivity contribution is 0.00578. The highest BCUT2D eigenvalue weighted by molar-refractivity contribution is 6.63. The van der Waals surface area contributed by atoms with Gasteiger partial charge in [0, 0.05) is 16.9 Å². The van der Waals surface area contributed by atoms with E-state index in [0.29, 0.717) is 11.6 Å². The highest BCUT2D eigenvalue weighted by atomic mass is 16.7. The monoisotopic (exact) mass is 301 g/mol. The van der Waals surface area contributed by atoms with Crippen LogP contribution in [0, 0.1) is 0 Å². The van der Waals surface area contributed by atoms with Crippen LogP contribution in [0.2, 0.25) is 0 Å². The minimum absolute atomic E-state index is 0.420. The van der Waals surface area contributed by atoms with Gasteiger partial charge in [-0.15, -0.1) is 0 Å². The molecule has 3 rings (SSSR count). The number of rotatable bonds is 2. The fourth-order valence-corrected chi connectivity index (χ4v) is 2.45. The Kier molecular flexibility index (Phi) is 3.30. The van der Waals surface area contributed by atoms with E-state index >= 15 is 0 Å². The summed E-state index contributed by atoms with van der Waals surface area (Å²) in [6.07, 6.45) is 1.44. The Bertz CT molecular complexity index is 717. The van der Waals surface area contributed by atoms with Crippen molar-refractivity contribution in [2.75, 3.05) is 12.8 Å². The van der Waals surface area contributed by atoms with E-state index in [1.54, 1.807) is 7.11 Å². The minimum Gasteiger partial charge on any atom is -0.497 e. The van der Waals surface area contributed by atoms with Gasteiger partial charge in [0.1, 0.15) is 17.9 Å². The van der Waals surface area contributed by atoms with Gasteiger partial charge in [-0.25, -0.2) is 9.97 Å². The van der Waals surface area contributed by atoms with Crippen LogP contribution in [0.15, 0.2) is 18.5 Å². The third-order valence-corrected chi connectivity index (χ3v) is 4.52. The fourth-order valence-electron chi connectivity index (χ4n) is 2.45. The van der Waals surface area contributed by atoms with E-state index in [0.717, 1.165) is 16.4 Å². The van der Waals surface area contributed by atoms with Crippen LogP contribution in [0.1, 0.15) is 27.7 Å². The molecule has 0 aliphatic carbocycles. The van der Waals surface area contributed by atoms with Crippen LogP contribution in [-0.4, -0.2) is 35.4 Å². The number of nitrogens with zero attached hydrogens (tertiary/aromatic N) is 2. The number of methoxy groups -OCH3 is 1. The van der Waals surface area contributed by atoms with E-state index in [1.807, 2.05) is 39.8 Å². The number of hydrogen-bond acceptors (Lipinski definition) is 6. The van der Waals surface area contributed by atoms with Crippen LogP contribution in [0.4, 0.5) is 5.82 Å². The first-order valence-electron chi connectivity index (χ1n) is 7.19. The molecule has 6 nitrogen and oxygen atoms in total. The van der Waals surface area contributed by atoms with E-state index in [9.17, 15) is 0 Å². The standard InChI is InChI=1S/C15H20BN3O3/c1-14(2)15(3,4)22-16(21-14)10-6-9-11(7-12(10)20-5)18-8-19-13(9)17/h6-8H,1-5H3,(H2,17,18,19). The summed E-state index contributed by atoms with van der Waals surface area (Å²) in [6, 6.07) is 3.71. The normalized spacial score (nSPS) is 19.6. The predicted molar refractivity (Wildman–Crippen MR) is 86.2 cm³/mol. The summed E-state index contributed by atoms with van der Waals surface area (Å²) in [5.74, 6) is 1.08. The molecule has 2 heterocycles. The maximum atomic E-state index is 6.10. The topological polar surface area (TPSA) is 79.5 Å². The summed E-state index contributed by atoms with van der Waals surface area (Å²) < 4.78 is 17.7. The van der Waals surface area contributed by atoms with E-state index in [4.69, 9.17) is 19.8 Å². The lowest BCUT2D eigenvalue weighted by Gasteiger charge is -2.32. The molecule has 0 amide bonds. The van der Waals surface area contributed by atoms with Gasteiger partial charge >= 0.3 is 7.12 Å². The molecule has 1 aliphatic heterocycles. The molecule has 1 fully saturated rings. The molecule has 1 aromatic carbocycles. The van der Waals surface area contributed by atoms with E-state index in [-0.39, 0.29) is 0 Å².